The fraction of sp³-hybridized carbons (Fsp3) is 0.481. The number of carbonyl (C=O) groups excluding carboxylic acids is 1. The Morgan fingerprint density at radius 3 is 2.35 bits per heavy atom. The normalized spacial score (nSPS) is 20.2. The van der Waals surface area contributed by atoms with Crippen LogP contribution in [-0.4, -0.2) is 57.2 Å². The molecule has 1 unspecified atom stereocenters. The molecule has 13 heteroatoms. The first-order valence-electron chi connectivity index (χ1n) is 13.0. The van der Waals surface area contributed by atoms with E-state index in [1.807, 2.05) is 4.90 Å². The Labute approximate surface area is 237 Å². The van der Waals surface area contributed by atoms with Crippen molar-refractivity contribution in [1.29, 1.82) is 0 Å². The molecule has 1 N–H and O–H groups in total. The highest BCUT2D eigenvalue weighted by atomic mass is 35.5. The molecule has 1 atom stereocenters. The van der Waals surface area contributed by atoms with Gasteiger partial charge < -0.3 is 5.32 Å². The summed E-state index contributed by atoms with van der Waals surface area (Å²) in [6.07, 6.45) is 3.41. The lowest BCUT2D eigenvalue weighted by Crippen LogP contribution is -2.44. The number of halogens is 6. The van der Waals surface area contributed by atoms with Crippen LogP contribution in [0.4, 0.5) is 22.0 Å². The van der Waals surface area contributed by atoms with Crippen molar-refractivity contribution in [1.82, 2.24) is 25.2 Å². The number of piperidine rings is 1. The van der Waals surface area contributed by atoms with Crippen LogP contribution < -0.4 is 5.32 Å². The van der Waals surface area contributed by atoms with Gasteiger partial charge in [0.25, 0.3) is 11.8 Å². The average molecular weight is 600 g/mol. The van der Waals surface area contributed by atoms with Crippen LogP contribution in [0.25, 0.3) is 11.4 Å². The molecule has 1 aromatic carbocycles. The van der Waals surface area contributed by atoms with Gasteiger partial charge in [0, 0.05) is 67.9 Å². The lowest BCUT2D eigenvalue weighted by molar-refractivity contribution is -0.0629. The summed E-state index contributed by atoms with van der Waals surface area (Å²) in [6, 6.07) is 4.21. The second kappa shape index (κ2) is 11.7. The average Bonchev–Trinajstić information content (AvgIpc) is 3.40. The number of thiazole rings is 1. The zero-order valence-electron chi connectivity index (χ0n) is 21.4. The van der Waals surface area contributed by atoms with Gasteiger partial charge in [0.05, 0.1) is 34.0 Å². The van der Waals surface area contributed by atoms with Gasteiger partial charge in [-0.05, 0) is 31.0 Å². The molecule has 5 rings (SSSR count). The van der Waals surface area contributed by atoms with Crippen LogP contribution in [0.1, 0.15) is 70.7 Å². The minimum absolute atomic E-state index is 0.0745. The van der Waals surface area contributed by atoms with Gasteiger partial charge >= 0.3 is 0 Å². The summed E-state index contributed by atoms with van der Waals surface area (Å²) in [6.45, 7) is 0.367. The standard InChI is InChI=1S/C27H27ClF5N5OS/c28-20-2-1-17(23-34-12-18(29)13-35-23)11-19(20)24(39)36-14-21(38-9-7-27(32,33)8-10-38)22-15-37-25(40-22)16-3-5-26(30,31)6-4-16/h1-2,11-13,15-16,21H,3-10,14H2,(H,36,39). The largest absolute Gasteiger partial charge is 0.350 e. The number of hydrogen-bond donors (Lipinski definition) is 1. The Kier molecular flexibility index (Phi) is 8.40. The zero-order chi connectivity index (χ0) is 28.5. The number of likely N-dealkylation sites (tertiary alicyclic amines) is 1. The molecule has 40 heavy (non-hydrogen) atoms. The third kappa shape index (κ3) is 6.77. The number of aromatic nitrogens is 3. The smallest absolute Gasteiger partial charge is 0.252 e. The predicted octanol–water partition coefficient (Wildman–Crippen LogP) is 6.89. The van der Waals surface area contributed by atoms with Crippen molar-refractivity contribution in [2.45, 2.75) is 62.3 Å². The van der Waals surface area contributed by atoms with Crippen LogP contribution in [0.3, 0.4) is 0 Å². The highest BCUT2D eigenvalue weighted by molar-refractivity contribution is 7.11. The molecule has 3 heterocycles. The number of alkyl halides is 4. The number of nitrogens with zero attached hydrogens (tertiary/aromatic N) is 4. The van der Waals surface area contributed by atoms with E-state index in [4.69, 9.17) is 11.6 Å². The summed E-state index contributed by atoms with van der Waals surface area (Å²) in [5, 5.41) is 3.81. The minimum atomic E-state index is -2.74. The summed E-state index contributed by atoms with van der Waals surface area (Å²) >= 11 is 7.69. The number of carbonyl (C=O) groups is 1. The van der Waals surface area contributed by atoms with Gasteiger partial charge in [-0.15, -0.1) is 11.3 Å². The van der Waals surface area contributed by atoms with Crippen molar-refractivity contribution < 1.29 is 26.7 Å². The molecule has 1 amide bonds. The molecule has 1 aliphatic carbocycles. The third-order valence-corrected chi connectivity index (χ3v) is 9.04. The van der Waals surface area contributed by atoms with E-state index in [9.17, 15) is 26.7 Å². The van der Waals surface area contributed by atoms with Gasteiger partial charge in [0.2, 0.25) is 5.92 Å². The maximum absolute atomic E-state index is 13.9. The second-order valence-corrected chi connectivity index (χ2v) is 11.8. The van der Waals surface area contributed by atoms with Gasteiger partial charge in [-0.3, -0.25) is 9.69 Å². The molecule has 6 nitrogen and oxygen atoms in total. The quantitative estimate of drug-likeness (QED) is 0.300. The van der Waals surface area contributed by atoms with Crippen LogP contribution in [0.5, 0.6) is 0 Å². The first kappa shape index (κ1) is 28.8. The topological polar surface area (TPSA) is 71.0 Å². The SMILES string of the molecule is O=C(NCC(c1cnc(C2CCC(F)(F)CC2)s1)N1CCC(F)(F)CC1)c1cc(-c2ncc(F)cn2)ccc1Cl. The van der Waals surface area contributed by atoms with Crippen molar-refractivity contribution in [2.75, 3.05) is 19.6 Å². The first-order valence-corrected chi connectivity index (χ1v) is 14.2. The molecular weight excluding hydrogens is 573 g/mol. The van der Waals surface area contributed by atoms with E-state index in [-0.39, 0.29) is 67.6 Å². The summed E-state index contributed by atoms with van der Waals surface area (Å²) in [4.78, 5) is 28.3. The van der Waals surface area contributed by atoms with E-state index in [2.05, 4.69) is 20.3 Å². The molecule has 2 fully saturated rings. The van der Waals surface area contributed by atoms with Gasteiger partial charge in [-0.1, -0.05) is 11.6 Å². The van der Waals surface area contributed by atoms with Crippen molar-refractivity contribution in [3.8, 4) is 11.4 Å². The highest BCUT2D eigenvalue weighted by Gasteiger charge is 2.39. The molecule has 0 radical (unpaired) electrons. The molecule has 1 saturated heterocycles. The number of nitrogens with one attached hydrogen (secondary N) is 1. The summed E-state index contributed by atoms with van der Waals surface area (Å²) in [5.74, 6) is -6.33. The number of benzene rings is 1. The molecule has 0 spiro atoms. The van der Waals surface area contributed by atoms with Crippen molar-refractivity contribution >= 4 is 28.8 Å². The lowest BCUT2D eigenvalue weighted by Gasteiger charge is -2.37. The first-order chi connectivity index (χ1) is 19.0. The fourth-order valence-electron chi connectivity index (χ4n) is 5.09. The third-order valence-electron chi connectivity index (χ3n) is 7.45. The van der Waals surface area contributed by atoms with E-state index < -0.39 is 29.6 Å². The van der Waals surface area contributed by atoms with Crippen molar-refractivity contribution in [2.24, 2.45) is 0 Å². The van der Waals surface area contributed by atoms with Crippen LogP contribution in [-0.2, 0) is 0 Å². The second-order valence-electron chi connectivity index (χ2n) is 10.3. The Hall–Kier alpha value is -2.70. The van der Waals surface area contributed by atoms with Crippen molar-refractivity contribution in [3.05, 3.63) is 63.1 Å². The Morgan fingerprint density at radius 2 is 1.68 bits per heavy atom. The Morgan fingerprint density at radius 1 is 1.02 bits per heavy atom. The van der Waals surface area contributed by atoms with E-state index in [1.54, 1.807) is 12.3 Å². The summed E-state index contributed by atoms with van der Waals surface area (Å²) < 4.78 is 68.4. The summed E-state index contributed by atoms with van der Waals surface area (Å²) in [5.41, 5.74) is 0.624. The Balaban J connectivity index is 1.33. The molecule has 0 bridgehead atoms. The minimum Gasteiger partial charge on any atom is -0.350 e. The van der Waals surface area contributed by atoms with E-state index >= 15 is 0 Å². The van der Waals surface area contributed by atoms with E-state index in [0.29, 0.717) is 18.4 Å². The number of rotatable bonds is 7. The van der Waals surface area contributed by atoms with Gasteiger partial charge in [-0.2, -0.15) is 0 Å². The number of amides is 1. The lowest BCUT2D eigenvalue weighted by atomic mass is 9.87. The molecule has 1 aliphatic heterocycles. The van der Waals surface area contributed by atoms with Gasteiger partial charge in [0.1, 0.15) is 0 Å². The van der Waals surface area contributed by atoms with Crippen LogP contribution in [0, 0.1) is 5.82 Å². The van der Waals surface area contributed by atoms with Crippen LogP contribution >= 0.6 is 22.9 Å². The van der Waals surface area contributed by atoms with Gasteiger partial charge in [-0.25, -0.2) is 36.9 Å². The zero-order valence-corrected chi connectivity index (χ0v) is 22.9. The maximum Gasteiger partial charge on any atom is 0.252 e. The summed E-state index contributed by atoms with van der Waals surface area (Å²) in [7, 11) is 0. The highest BCUT2D eigenvalue weighted by Crippen LogP contribution is 2.43. The molecule has 1 saturated carbocycles. The van der Waals surface area contributed by atoms with E-state index in [0.717, 1.165) is 22.3 Å². The Bertz CT molecular complexity index is 1340. The molecular formula is C27H27ClF5N5OS. The predicted molar refractivity (Wildman–Crippen MR) is 142 cm³/mol. The van der Waals surface area contributed by atoms with E-state index in [1.165, 1.54) is 23.5 Å². The maximum atomic E-state index is 13.9. The molecule has 2 aliphatic rings. The number of hydrogen-bond acceptors (Lipinski definition) is 6. The van der Waals surface area contributed by atoms with Gasteiger partial charge in [0.15, 0.2) is 11.6 Å². The molecule has 2 aromatic heterocycles. The van der Waals surface area contributed by atoms with Crippen molar-refractivity contribution in [3.63, 3.8) is 0 Å². The van der Waals surface area contributed by atoms with Crippen LogP contribution in [0.15, 0.2) is 36.8 Å². The fourth-order valence-corrected chi connectivity index (χ4v) is 6.51. The monoisotopic (exact) mass is 599 g/mol. The molecule has 214 valence electrons. The molecule has 3 aromatic rings. The van der Waals surface area contributed by atoms with Crippen LogP contribution in [0.2, 0.25) is 5.02 Å².